The minimum absolute atomic E-state index is 0. The van der Waals surface area contributed by atoms with E-state index in [1.807, 2.05) is 29.2 Å². The molecule has 1 atom stereocenters. The molecule has 6 heteroatoms. The Morgan fingerprint density at radius 3 is 3.05 bits per heavy atom. The van der Waals surface area contributed by atoms with Gasteiger partial charge in [-0.2, -0.15) is 0 Å². The number of morpholine rings is 1. The number of likely N-dealkylation sites (N-methyl/N-ethyl adjacent to an activating group) is 1. The van der Waals surface area contributed by atoms with Crippen LogP contribution in [0, 0.1) is 0 Å². The molecule has 1 amide bonds. The number of carbonyl (C=O) groups is 1. The van der Waals surface area contributed by atoms with Crippen molar-refractivity contribution in [2.24, 2.45) is 0 Å². The van der Waals surface area contributed by atoms with Crippen molar-refractivity contribution in [2.75, 3.05) is 33.3 Å². The lowest BCUT2D eigenvalue weighted by molar-refractivity contribution is -0.137. The van der Waals surface area contributed by atoms with E-state index in [0.717, 1.165) is 10.0 Å². The summed E-state index contributed by atoms with van der Waals surface area (Å²) in [5.74, 6) is 0.126. The van der Waals surface area contributed by atoms with Crippen molar-refractivity contribution in [1.29, 1.82) is 0 Å². The van der Waals surface area contributed by atoms with Crippen LogP contribution in [-0.2, 0) is 9.53 Å². The van der Waals surface area contributed by atoms with Gasteiger partial charge in [-0.25, -0.2) is 0 Å². The van der Waals surface area contributed by atoms with Gasteiger partial charge in [0.1, 0.15) is 6.10 Å². The van der Waals surface area contributed by atoms with E-state index >= 15 is 0 Å². The van der Waals surface area contributed by atoms with Crippen LogP contribution < -0.4 is 5.32 Å². The van der Waals surface area contributed by atoms with E-state index in [2.05, 4.69) is 21.2 Å². The molecule has 1 saturated heterocycles. The molecule has 4 nitrogen and oxygen atoms in total. The molecule has 19 heavy (non-hydrogen) atoms. The first-order valence-corrected chi connectivity index (χ1v) is 6.79. The molecular formula is C13H18BrClN2O2. The standard InChI is InChI=1S/C13H17BrN2O2.ClH/c1-15-8-13(17)16-5-6-18-12(9-16)10-3-2-4-11(14)7-10;/h2-4,7,12,15H,5-6,8-9H2,1H3;1H. The molecule has 2 rings (SSSR count). The fourth-order valence-electron chi connectivity index (χ4n) is 2.05. The van der Waals surface area contributed by atoms with Crippen LogP contribution in [-0.4, -0.2) is 44.1 Å². The molecule has 1 aromatic rings. The number of halogens is 2. The summed E-state index contributed by atoms with van der Waals surface area (Å²) in [5, 5.41) is 2.89. The number of hydrogen-bond donors (Lipinski definition) is 1. The molecular weight excluding hydrogens is 332 g/mol. The predicted octanol–water partition coefficient (Wildman–Crippen LogP) is 1.99. The van der Waals surface area contributed by atoms with Crippen LogP contribution in [0.25, 0.3) is 0 Å². The molecule has 106 valence electrons. The highest BCUT2D eigenvalue weighted by Crippen LogP contribution is 2.24. The van der Waals surface area contributed by atoms with E-state index in [-0.39, 0.29) is 24.4 Å². The van der Waals surface area contributed by atoms with Crippen LogP contribution in [0.3, 0.4) is 0 Å². The van der Waals surface area contributed by atoms with E-state index in [0.29, 0.717) is 26.2 Å². The first-order valence-electron chi connectivity index (χ1n) is 6.00. The molecule has 0 spiro atoms. The Bertz CT molecular complexity index is 431. The molecule has 0 aliphatic carbocycles. The lowest BCUT2D eigenvalue weighted by Gasteiger charge is -2.33. The third kappa shape index (κ3) is 4.45. The number of nitrogens with one attached hydrogen (secondary N) is 1. The highest BCUT2D eigenvalue weighted by Gasteiger charge is 2.24. The van der Waals surface area contributed by atoms with Crippen LogP contribution in [0.5, 0.6) is 0 Å². The Kier molecular flexibility index (Phi) is 6.79. The van der Waals surface area contributed by atoms with Crippen molar-refractivity contribution in [3.8, 4) is 0 Å². The second kappa shape index (κ2) is 7.85. The second-order valence-electron chi connectivity index (χ2n) is 4.28. The zero-order chi connectivity index (χ0) is 13.0. The van der Waals surface area contributed by atoms with E-state index in [1.165, 1.54) is 0 Å². The average molecular weight is 350 g/mol. The molecule has 0 bridgehead atoms. The van der Waals surface area contributed by atoms with Gasteiger partial charge in [0.05, 0.1) is 19.7 Å². The van der Waals surface area contributed by atoms with Crippen molar-refractivity contribution < 1.29 is 9.53 Å². The lowest BCUT2D eigenvalue weighted by atomic mass is 10.1. The summed E-state index contributed by atoms with van der Waals surface area (Å²) in [6, 6.07) is 8.03. The van der Waals surface area contributed by atoms with E-state index in [1.54, 1.807) is 7.05 Å². The Hall–Kier alpha value is -0.620. The summed E-state index contributed by atoms with van der Waals surface area (Å²) in [6.45, 7) is 2.26. The summed E-state index contributed by atoms with van der Waals surface area (Å²) in [5.41, 5.74) is 1.10. The average Bonchev–Trinajstić information content (AvgIpc) is 2.39. The summed E-state index contributed by atoms with van der Waals surface area (Å²) >= 11 is 3.45. The van der Waals surface area contributed by atoms with Gasteiger partial charge in [-0.15, -0.1) is 12.4 Å². The number of nitrogens with zero attached hydrogens (tertiary/aromatic N) is 1. The van der Waals surface area contributed by atoms with Gasteiger partial charge in [0.15, 0.2) is 0 Å². The van der Waals surface area contributed by atoms with Gasteiger partial charge in [-0.05, 0) is 24.7 Å². The lowest BCUT2D eigenvalue weighted by Crippen LogP contribution is -2.45. The Morgan fingerprint density at radius 1 is 1.58 bits per heavy atom. The molecule has 1 aromatic carbocycles. The number of ether oxygens (including phenoxy) is 1. The summed E-state index contributed by atoms with van der Waals surface area (Å²) in [4.78, 5) is 13.7. The SMILES string of the molecule is CNCC(=O)N1CCOC(c2cccc(Br)c2)C1.Cl. The van der Waals surface area contributed by atoms with Gasteiger partial charge in [-0.1, -0.05) is 28.1 Å². The minimum atomic E-state index is -0.0305. The molecule has 1 aliphatic rings. The molecule has 1 unspecified atom stereocenters. The van der Waals surface area contributed by atoms with Crippen molar-refractivity contribution >= 4 is 34.2 Å². The first-order chi connectivity index (χ1) is 8.70. The Labute approximate surface area is 128 Å². The largest absolute Gasteiger partial charge is 0.370 e. The Morgan fingerprint density at radius 2 is 2.37 bits per heavy atom. The van der Waals surface area contributed by atoms with Gasteiger partial charge in [0.2, 0.25) is 5.91 Å². The van der Waals surface area contributed by atoms with E-state index < -0.39 is 0 Å². The van der Waals surface area contributed by atoms with Crippen molar-refractivity contribution in [2.45, 2.75) is 6.10 Å². The predicted molar refractivity (Wildman–Crippen MR) is 80.6 cm³/mol. The number of benzene rings is 1. The summed E-state index contributed by atoms with van der Waals surface area (Å²) in [6.07, 6.45) is -0.0305. The van der Waals surface area contributed by atoms with E-state index in [9.17, 15) is 4.79 Å². The quantitative estimate of drug-likeness (QED) is 0.907. The fraction of sp³-hybridized carbons (Fsp3) is 0.462. The maximum Gasteiger partial charge on any atom is 0.236 e. The zero-order valence-corrected chi connectivity index (χ0v) is 13.2. The van der Waals surface area contributed by atoms with Gasteiger partial charge in [-0.3, -0.25) is 4.79 Å². The van der Waals surface area contributed by atoms with Crippen LogP contribution in [0.1, 0.15) is 11.7 Å². The molecule has 0 aromatic heterocycles. The monoisotopic (exact) mass is 348 g/mol. The highest BCUT2D eigenvalue weighted by atomic mass is 79.9. The topological polar surface area (TPSA) is 41.6 Å². The zero-order valence-electron chi connectivity index (χ0n) is 10.8. The number of hydrogen-bond acceptors (Lipinski definition) is 3. The van der Waals surface area contributed by atoms with Gasteiger partial charge < -0.3 is 15.0 Å². The molecule has 0 saturated carbocycles. The minimum Gasteiger partial charge on any atom is -0.370 e. The van der Waals surface area contributed by atoms with E-state index in [4.69, 9.17) is 4.74 Å². The van der Waals surface area contributed by atoms with Crippen molar-refractivity contribution in [3.63, 3.8) is 0 Å². The highest BCUT2D eigenvalue weighted by molar-refractivity contribution is 9.10. The van der Waals surface area contributed by atoms with Crippen LogP contribution in [0.15, 0.2) is 28.7 Å². The first kappa shape index (κ1) is 16.4. The third-order valence-electron chi connectivity index (χ3n) is 2.97. The van der Waals surface area contributed by atoms with Crippen molar-refractivity contribution in [1.82, 2.24) is 10.2 Å². The van der Waals surface area contributed by atoms with Gasteiger partial charge in [0.25, 0.3) is 0 Å². The summed E-state index contributed by atoms with van der Waals surface area (Å²) < 4.78 is 6.77. The maximum atomic E-state index is 11.8. The van der Waals surface area contributed by atoms with Crippen LogP contribution in [0.4, 0.5) is 0 Å². The van der Waals surface area contributed by atoms with Gasteiger partial charge >= 0.3 is 0 Å². The molecule has 1 aliphatic heterocycles. The summed E-state index contributed by atoms with van der Waals surface area (Å²) in [7, 11) is 1.78. The molecule has 1 fully saturated rings. The maximum absolute atomic E-state index is 11.8. The smallest absolute Gasteiger partial charge is 0.236 e. The molecule has 0 radical (unpaired) electrons. The number of amides is 1. The van der Waals surface area contributed by atoms with Crippen LogP contribution >= 0.6 is 28.3 Å². The third-order valence-corrected chi connectivity index (χ3v) is 3.46. The second-order valence-corrected chi connectivity index (χ2v) is 5.20. The number of rotatable bonds is 3. The van der Waals surface area contributed by atoms with Crippen LogP contribution in [0.2, 0.25) is 0 Å². The fourth-order valence-corrected chi connectivity index (χ4v) is 2.46. The number of carbonyl (C=O) groups excluding carboxylic acids is 1. The Balaban J connectivity index is 0.00000180. The molecule has 1 heterocycles. The molecule has 1 N–H and O–H groups in total. The van der Waals surface area contributed by atoms with Crippen molar-refractivity contribution in [3.05, 3.63) is 34.3 Å². The normalized spacial score (nSPS) is 18.8. The van der Waals surface area contributed by atoms with Gasteiger partial charge in [0, 0.05) is 11.0 Å².